The van der Waals surface area contributed by atoms with Crippen molar-refractivity contribution in [2.75, 3.05) is 19.0 Å². The van der Waals surface area contributed by atoms with E-state index in [4.69, 9.17) is 16.9 Å². The van der Waals surface area contributed by atoms with Crippen LogP contribution in [0, 0.1) is 11.3 Å². The Bertz CT molecular complexity index is 587. The Hall–Kier alpha value is -1.71. The normalized spacial score (nSPS) is 10.0. The minimum Gasteiger partial charge on any atom is -0.347 e. The molecule has 86 valence electrons. The Kier molecular flexibility index (Phi) is 3.22. The molecule has 0 bridgehead atoms. The lowest BCUT2D eigenvalue weighted by Gasteiger charge is -2.10. The Balaban J connectivity index is 2.48. The number of aromatic nitrogens is 3. The van der Waals surface area contributed by atoms with Gasteiger partial charge in [0.15, 0.2) is 5.82 Å². The molecule has 2 rings (SSSR count). The summed E-state index contributed by atoms with van der Waals surface area (Å²) >= 11 is 7.16. The molecule has 0 aromatic carbocycles. The van der Waals surface area contributed by atoms with Crippen molar-refractivity contribution in [2.24, 2.45) is 0 Å². The fourth-order valence-electron chi connectivity index (χ4n) is 1.17. The molecule has 2 aromatic heterocycles. The van der Waals surface area contributed by atoms with Gasteiger partial charge < -0.3 is 4.90 Å². The van der Waals surface area contributed by atoms with Crippen LogP contribution < -0.4 is 4.90 Å². The van der Waals surface area contributed by atoms with Gasteiger partial charge in [0.1, 0.15) is 10.9 Å². The third-order valence-electron chi connectivity index (χ3n) is 1.93. The van der Waals surface area contributed by atoms with Crippen molar-refractivity contribution in [3.05, 3.63) is 22.3 Å². The number of anilines is 1. The van der Waals surface area contributed by atoms with Gasteiger partial charge in [0.2, 0.25) is 11.2 Å². The highest BCUT2D eigenvalue weighted by Crippen LogP contribution is 2.26. The molecule has 0 saturated carbocycles. The highest BCUT2D eigenvalue weighted by molar-refractivity contribution is 7.15. The second kappa shape index (κ2) is 4.65. The van der Waals surface area contributed by atoms with Crippen molar-refractivity contribution in [1.29, 1.82) is 5.26 Å². The molecular formula is C10H8ClN5S. The molecule has 17 heavy (non-hydrogen) atoms. The highest BCUT2D eigenvalue weighted by atomic mass is 35.5. The summed E-state index contributed by atoms with van der Waals surface area (Å²) in [5.74, 6) is 0.979. The number of nitriles is 1. The summed E-state index contributed by atoms with van der Waals surface area (Å²) in [5, 5.41) is 8.91. The van der Waals surface area contributed by atoms with E-state index >= 15 is 0 Å². The minimum absolute atomic E-state index is 0.144. The van der Waals surface area contributed by atoms with Gasteiger partial charge in [0.25, 0.3) is 0 Å². The monoisotopic (exact) mass is 265 g/mol. The molecule has 2 aromatic rings. The van der Waals surface area contributed by atoms with Gasteiger partial charge in [-0.25, -0.2) is 0 Å². The van der Waals surface area contributed by atoms with Crippen LogP contribution in [0.4, 0.5) is 5.95 Å². The number of rotatable bonds is 2. The second-order valence-electron chi connectivity index (χ2n) is 3.40. The molecular weight excluding hydrogens is 258 g/mol. The highest BCUT2D eigenvalue weighted by Gasteiger charge is 2.10. The van der Waals surface area contributed by atoms with Crippen molar-refractivity contribution in [3.8, 4) is 16.8 Å². The van der Waals surface area contributed by atoms with Crippen LogP contribution in [0.3, 0.4) is 0 Å². The topological polar surface area (TPSA) is 65.7 Å². The maximum atomic E-state index is 8.77. The van der Waals surface area contributed by atoms with E-state index in [0.29, 0.717) is 16.6 Å². The molecule has 0 atom stereocenters. The fraction of sp³-hybridized carbons (Fsp3) is 0.200. The molecule has 0 N–H and O–H groups in total. The Morgan fingerprint density at radius 1 is 1.29 bits per heavy atom. The van der Waals surface area contributed by atoms with Crippen LogP contribution in [-0.4, -0.2) is 29.0 Å². The second-order valence-corrected chi connectivity index (χ2v) is 4.82. The average molecular weight is 266 g/mol. The van der Waals surface area contributed by atoms with Gasteiger partial charge in [0.05, 0.1) is 4.88 Å². The van der Waals surface area contributed by atoms with Gasteiger partial charge in [-0.3, -0.25) is 0 Å². The quantitative estimate of drug-likeness (QED) is 0.833. The van der Waals surface area contributed by atoms with Gasteiger partial charge in [0, 0.05) is 14.1 Å². The van der Waals surface area contributed by atoms with Gasteiger partial charge in [-0.1, -0.05) is 0 Å². The Morgan fingerprint density at radius 2 is 2.06 bits per heavy atom. The summed E-state index contributed by atoms with van der Waals surface area (Å²) < 4.78 is 0. The molecule has 0 aliphatic heterocycles. The van der Waals surface area contributed by atoms with Crippen LogP contribution in [0.15, 0.2) is 12.1 Å². The number of halogens is 1. The smallest absolute Gasteiger partial charge is 0.229 e. The molecule has 5 nitrogen and oxygen atoms in total. The van der Waals surface area contributed by atoms with E-state index in [9.17, 15) is 0 Å². The lowest BCUT2D eigenvalue weighted by Crippen LogP contribution is -2.13. The summed E-state index contributed by atoms with van der Waals surface area (Å²) in [6.45, 7) is 0. The van der Waals surface area contributed by atoms with Crippen molar-refractivity contribution in [1.82, 2.24) is 15.0 Å². The van der Waals surface area contributed by atoms with Crippen LogP contribution in [-0.2, 0) is 0 Å². The largest absolute Gasteiger partial charge is 0.347 e. The molecule has 0 aliphatic carbocycles. The average Bonchev–Trinajstić information content (AvgIpc) is 2.76. The first-order valence-corrected chi connectivity index (χ1v) is 5.89. The van der Waals surface area contributed by atoms with E-state index in [1.54, 1.807) is 17.0 Å². The predicted molar refractivity (Wildman–Crippen MR) is 67.2 cm³/mol. The standard InChI is InChI=1S/C10H8ClN5S/c1-16(2)10-14-8(13-9(11)15-10)7-4-3-6(5-12)17-7/h3-4H,1-2H3. The maximum absolute atomic E-state index is 8.77. The molecule has 0 amide bonds. The molecule has 0 aliphatic rings. The zero-order chi connectivity index (χ0) is 12.4. The van der Waals surface area contributed by atoms with Crippen LogP contribution >= 0.6 is 22.9 Å². The molecule has 0 unspecified atom stereocenters. The van der Waals surface area contributed by atoms with Gasteiger partial charge in [-0.15, -0.1) is 11.3 Å². The maximum Gasteiger partial charge on any atom is 0.229 e. The number of hydrogen-bond acceptors (Lipinski definition) is 6. The predicted octanol–water partition coefficient (Wildman–Crippen LogP) is 2.19. The number of hydrogen-bond donors (Lipinski definition) is 0. The first-order valence-electron chi connectivity index (χ1n) is 4.69. The molecule has 0 radical (unpaired) electrons. The summed E-state index contributed by atoms with van der Waals surface area (Å²) in [4.78, 5) is 15.5. The first-order chi connectivity index (χ1) is 8.10. The van der Waals surface area contributed by atoms with E-state index in [-0.39, 0.29) is 5.28 Å². The summed E-state index contributed by atoms with van der Waals surface area (Å²) in [6, 6.07) is 5.60. The molecule has 7 heteroatoms. The van der Waals surface area contributed by atoms with E-state index < -0.39 is 0 Å². The molecule has 0 saturated heterocycles. The van der Waals surface area contributed by atoms with Crippen LogP contribution in [0.1, 0.15) is 4.88 Å². The van der Waals surface area contributed by atoms with Crippen LogP contribution in [0.2, 0.25) is 5.28 Å². The lowest BCUT2D eigenvalue weighted by atomic mass is 10.4. The molecule has 0 fully saturated rings. The van der Waals surface area contributed by atoms with Crippen LogP contribution in [0.25, 0.3) is 10.7 Å². The van der Waals surface area contributed by atoms with Crippen molar-refractivity contribution >= 4 is 28.9 Å². The zero-order valence-electron chi connectivity index (χ0n) is 9.18. The Morgan fingerprint density at radius 3 is 2.65 bits per heavy atom. The third-order valence-corrected chi connectivity index (χ3v) is 3.09. The third kappa shape index (κ3) is 2.52. The van der Waals surface area contributed by atoms with Crippen molar-refractivity contribution in [2.45, 2.75) is 0 Å². The van der Waals surface area contributed by atoms with E-state index in [0.717, 1.165) is 4.88 Å². The zero-order valence-corrected chi connectivity index (χ0v) is 10.7. The fourth-order valence-corrected chi connectivity index (χ4v) is 2.06. The minimum atomic E-state index is 0.144. The van der Waals surface area contributed by atoms with E-state index in [2.05, 4.69) is 21.0 Å². The molecule has 0 spiro atoms. The summed E-state index contributed by atoms with van der Waals surface area (Å²) in [6.07, 6.45) is 0. The van der Waals surface area contributed by atoms with Crippen molar-refractivity contribution < 1.29 is 0 Å². The van der Waals surface area contributed by atoms with E-state index in [1.165, 1.54) is 11.3 Å². The summed E-state index contributed by atoms with van der Waals surface area (Å²) in [5.41, 5.74) is 0. The van der Waals surface area contributed by atoms with E-state index in [1.807, 2.05) is 14.1 Å². The Labute approximate surface area is 107 Å². The molecule has 2 heterocycles. The lowest BCUT2D eigenvalue weighted by molar-refractivity contribution is 0.964. The first kappa shape index (κ1) is 11.8. The van der Waals surface area contributed by atoms with Gasteiger partial charge >= 0.3 is 0 Å². The van der Waals surface area contributed by atoms with Crippen LogP contribution in [0.5, 0.6) is 0 Å². The summed E-state index contributed by atoms with van der Waals surface area (Å²) in [7, 11) is 3.65. The van der Waals surface area contributed by atoms with Gasteiger partial charge in [-0.05, 0) is 23.7 Å². The van der Waals surface area contributed by atoms with Crippen molar-refractivity contribution in [3.63, 3.8) is 0 Å². The number of thiophene rings is 1. The SMILES string of the molecule is CN(C)c1nc(Cl)nc(-c2ccc(C#N)s2)n1. The number of nitrogens with zero attached hydrogens (tertiary/aromatic N) is 5. The van der Waals surface area contributed by atoms with Gasteiger partial charge in [-0.2, -0.15) is 20.2 Å².